The maximum atomic E-state index is 11.8. The second-order valence-corrected chi connectivity index (χ2v) is 5.63. The van der Waals surface area contributed by atoms with Crippen LogP contribution in [-0.2, 0) is 17.6 Å². The van der Waals surface area contributed by atoms with Gasteiger partial charge in [-0.05, 0) is 31.6 Å². The van der Waals surface area contributed by atoms with Crippen molar-refractivity contribution < 1.29 is 13.9 Å². The number of oxazole rings is 1. The molecule has 0 bridgehead atoms. The third kappa shape index (κ3) is 5.05. The molecule has 0 saturated heterocycles. The Morgan fingerprint density at radius 3 is 2.47 bits per heavy atom. The van der Waals surface area contributed by atoms with Crippen LogP contribution < -0.4 is 0 Å². The summed E-state index contributed by atoms with van der Waals surface area (Å²) in [7, 11) is 0. The van der Waals surface area contributed by atoms with Crippen molar-refractivity contribution in [3.63, 3.8) is 0 Å². The van der Waals surface area contributed by atoms with Crippen LogP contribution in [0.25, 0.3) is 0 Å². The molecule has 4 heteroatoms. The number of ether oxygens (including phenoxy) is 1. The molecule has 108 valence electrons. The average molecular weight is 267 g/mol. The molecule has 1 heterocycles. The summed E-state index contributed by atoms with van der Waals surface area (Å²) in [5, 5.41) is 0. The fourth-order valence-corrected chi connectivity index (χ4v) is 1.80. The normalized spacial score (nSPS) is 11.3. The van der Waals surface area contributed by atoms with Gasteiger partial charge in [0.05, 0.1) is 12.3 Å². The zero-order valence-electron chi connectivity index (χ0n) is 12.7. The second kappa shape index (κ2) is 7.31. The van der Waals surface area contributed by atoms with Crippen molar-refractivity contribution >= 4 is 5.97 Å². The first-order valence-corrected chi connectivity index (χ1v) is 7.09. The Morgan fingerprint density at radius 2 is 1.95 bits per heavy atom. The van der Waals surface area contributed by atoms with Crippen molar-refractivity contribution in [1.29, 1.82) is 0 Å². The number of rotatable bonds is 7. The van der Waals surface area contributed by atoms with Gasteiger partial charge in [-0.2, -0.15) is 0 Å². The van der Waals surface area contributed by atoms with Crippen LogP contribution in [0.4, 0.5) is 0 Å². The lowest BCUT2D eigenvalue weighted by Crippen LogP contribution is -2.08. The number of nitrogens with zero attached hydrogens (tertiary/aromatic N) is 1. The van der Waals surface area contributed by atoms with Gasteiger partial charge in [0.15, 0.2) is 5.89 Å². The number of hydrogen-bond acceptors (Lipinski definition) is 4. The number of hydrogen-bond donors (Lipinski definition) is 0. The van der Waals surface area contributed by atoms with Gasteiger partial charge in [0.1, 0.15) is 0 Å². The Hall–Kier alpha value is -1.32. The Morgan fingerprint density at radius 1 is 1.26 bits per heavy atom. The van der Waals surface area contributed by atoms with E-state index in [1.807, 2.05) is 0 Å². The van der Waals surface area contributed by atoms with E-state index in [-0.39, 0.29) is 5.76 Å². The highest BCUT2D eigenvalue weighted by Gasteiger charge is 2.21. The Labute approximate surface area is 115 Å². The lowest BCUT2D eigenvalue weighted by atomic mass is 10.1. The Kier molecular flexibility index (Phi) is 6.06. The summed E-state index contributed by atoms with van der Waals surface area (Å²) >= 11 is 0. The van der Waals surface area contributed by atoms with Crippen LogP contribution in [0.2, 0.25) is 0 Å². The summed E-state index contributed by atoms with van der Waals surface area (Å²) in [5.41, 5.74) is 0.729. The monoisotopic (exact) mass is 267 g/mol. The van der Waals surface area contributed by atoms with Crippen LogP contribution in [0.3, 0.4) is 0 Å². The standard InChI is InChI=1S/C15H25NO3/c1-6-18-15(17)14-12(9-11(4)5)16-13(19-14)8-7-10(2)3/h10-11H,6-9H2,1-5H3. The Bertz CT molecular complexity index is 408. The summed E-state index contributed by atoms with van der Waals surface area (Å²) in [6, 6.07) is 0. The predicted molar refractivity (Wildman–Crippen MR) is 74.2 cm³/mol. The van der Waals surface area contributed by atoms with Gasteiger partial charge in [0.25, 0.3) is 0 Å². The molecular weight excluding hydrogens is 242 g/mol. The minimum atomic E-state index is -0.401. The lowest BCUT2D eigenvalue weighted by Gasteiger charge is -2.02. The van der Waals surface area contributed by atoms with Gasteiger partial charge in [0, 0.05) is 6.42 Å². The predicted octanol–water partition coefficient (Wildman–Crippen LogP) is 3.64. The molecule has 1 rings (SSSR count). The fourth-order valence-electron chi connectivity index (χ4n) is 1.80. The quantitative estimate of drug-likeness (QED) is 0.708. The zero-order chi connectivity index (χ0) is 14.4. The summed E-state index contributed by atoms with van der Waals surface area (Å²) in [6.07, 6.45) is 2.51. The molecule has 19 heavy (non-hydrogen) atoms. The van der Waals surface area contributed by atoms with Crippen molar-refractivity contribution in [2.24, 2.45) is 11.8 Å². The lowest BCUT2D eigenvalue weighted by molar-refractivity contribution is 0.0486. The van der Waals surface area contributed by atoms with Gasteiger partial charge < -0.3 is 9.15 Å². The van der Waals surface area contributed by atoms with Crippen LogP contribution >= 0.6 is 0 Å². The van der Waals surface area contributed by atoms with E-state index in [2.05, 4.69) is 32.7 Å². The van der Waals surface area contributed by atoms with E-state index in [9.17, 15) is 4.79 Å². The van der Waals surface area contributed by atoms with Gasteiger partial charge in [-0.1, -0.05) is 27.7 Å². The molecule has 0 aliphatic heterocycles. The highest BCUT2D eigenvalue weighted by Crippen LogP contribution is 2.18. The van der Waals surface area contributed by atoms with Crippen LogP contribution in [0.1, 0.15) is 63.2 Å². The molecule has 0 atom stereocenters. The Balaban J connectivity index is 2.88. The van der Waals surface area contributed by atoms with Crippen molar-refractivity contribution in [3.8, 4) is 0 Å². The van der Waals surface area contributed by atoms with E-state index in [1.165, 1.54) is 0 Å². The number of esters is 1. The van der Waals surface area contributed by atoms with Gasteiger partial charge >= 0.3 is 5.97 Å². The van der Waals surface area contributed by atoms with Crippen LogP contribution in [0.15, 0.2) is 4.42 Å². The maximum absolute atomic E-state index is 11.8. The molecule has 0 N–H and O–H groups in total. The molecule has 0 aromatic carbocycles. The number of aryl methyl sites for hydroxylation is 1. The van der Waals surface area contributed by atoms with Gasteiger partial charge in [-0.15, -0.1) is 0 Å². The minimum Gasteiger partial charge on any atom is -0.460 e. The third-order valence-corrected chi connectivity index (χ3v) is 2.74. The minimum absolute atomic E-state index is 0.286. The summed E-state index contributed by atoms with van der Waals surface area (Å²) in [6.45, 7) is 10.6. The molecule has 0 amide bonds. The van der Waals surface area contributed by atoms with Gasteiger partial charge in [0.2, 0.25) is 5.76 Å². The van der Waals surface area contributed by atoms with Crippen molar-refractivity contribution in [2.45, 2.75) is 53.9 Å². The van der Waals surface area contributed by atoms with E-state index in [4.69, 9.17) is 9.15 Å². The second-order valence-electron chi connectivity index (χ2n) is 5.63. The number of aromatic nitrogens is 1. The molecular formula is C15H25NO3. The van der Waals surface area contributed by atoms with E-state index in [0.29, 0.717) is 24.3 Å². The van der Waals surface area contributed by atoms with Crippen molar-refractivity contribution in [3.05, 3.63) is 17.3 Å². The first-order valence-electron chi connectivity index (χ1n) is 7.09. The zero-order valence-corrected chi connectivity index (χ0v) is 12.7. The van der Waals surface area contributed by atoms with Gasteiger partial charge in [-0.3, -0.25) is 0 Å². The molecule has 1 aromatic rings. The average Bonchev–Trinajstić information content (AvgIpc) is 2.69. The topological polar surface area (TPSA) is 52.3 Å². The van der Waals surface area contributed by atoms with Crippen LogP contribution in [-0.4, -0.2) is 17.6 Å². The largest absolute Gasteiger partial charge is 0.460 e. The maximum Gasteiger partial charge on any atom is 0.376 e. The number of carbonyl (C=O) groups is 1. The number of carbonyl (C=O) groups excluding carboxylic acids is 1. The SMILES string of the molecule is CCOC(=O)c1oc(CCC(C)C)nc1CC(C)C. The van der Waals surface area contributed by atoms with Gasteiger partial charge in [-0.25, -0.2) is 9.78 Å². The first-order chi connectivity index (χ1) is 8.93. The molecule has 0 saturated carbocycles. The van der Waals surface area contributed by atoms with E-state index < -0.39 is 5.97 Å². The molecule has 0 aliphatic carbocycles. The highest BCUT2D eigenvalue weighted by atomic mass is 16.5. The van der Waals surface area contributed by atoms with E-state index in [0.717, 1.165) is 25.0 Å². The van der Waals surface area contributed by atoms with Crippen molar-refractivity contribution in [2.75, 3.05) is 6.61 Å². The van der Waals surface area contributed by atoms with E-state index >= 15 is 0 Å². The smallest absolute Gasteiger partial charge is 0.376 e. The fraction of sp³-hybridized carbons (Fsp3) is 0.733. The summed E-state index contributed by atoms with van der Waals surface area (Å²) in [4.78, 5) is 16.3. The third-order valence-electron chi connectivity index (χ3n) is 2.74. The molecule has 0 radical (unpaired) electrons. The summed E-state index contributed by atoms with van der Waals surface area (Å²) < 4.78 is 10.6. The molecule has 0 unspecified atom stereocenters. The molecule has 0 spiro atoms. The molecule has 1 aromatic heterocycles. The molecule has 0 fully saturated rings. The first kappa shape index (κ1) is 15.7. The highest BCUT2D eigenvalue weighted by molar-refractivity contribution is 5.87. The molecule has 4 nitrogen and oxygen atoms in total. The van der Waals surface area contributed by atoms with Crippen LogP contribution in [0.5, 0.6) is 0 Å². The van der Waals surface area contributed by atoms with E-state index in [1.54, 1.807) is 6.92 Å². The van der Waals surface area contributed by atoms with Crippen LogP contribution in [0, 0.1) is 11.8 Å². The summed E-state index contributed by atoms with van der Waals surface area (Å²) in [5.74, 6) is 1.55. The molecule has 0 aliphatic rings. The van der Waals surface area contributed by atoms with Crippen molar-refractivity contribution in [1.82, 2.24) is 4.98 Å².